The topological polar surface area (TPSA) is 29.5 Å². The van der Waals surface area contributed by atoms with Crippen LogP contribution in [-0.2, 0) is 5.41 Å². The summed E-state index contributed by atoms with van der Waals surface area (Å²) in [7, 11) is 0. The molecule has 0 aliphatic heterocycles. The van der Waals surface area contributed by atoms with Crippen molar-refractivity contribution in [3.63, 3.8) is 0 Å². The molecule has 1 aromatic carbocycles. The number of halogens is 2. The second-order valence-corrected chi connectivity index (χ2v) is 4.37. The molecule has 0 bridgehead atoms. The second-order valence-electron chi connectivity index (χ2n) is 4.37. The van der Waals surface area contributed by atoms with Gasteiger partial charge in [0, 0.05) is 11.0 Å². The summed E-state index contributed by atoms with van der Waals surface area (Å²) < 4.78 is 29.1. The first-order valence-corrected chi connectivity index (χ1v) is 5.04. The van der Waals surface area contributed by atoms with E-state index in [2.05, 4.69) is 4.74 Å². The summed E-state index contributed by atoms with van der Waals surface area (Å²) in [4.78, 5) is 0. The largest absolute Gasteiger partial charge is 0.434 e. The van der Waals surface area contributed by atoms with E-state index < -0.39 is 12.0 Å². The predicted molar refractivity (Wildman–Crippen MR) is 57.9 cm³/mol. The Hall–Kier alpha value is -1.16. The van der Waals surface area contributed by atoms with Gasteiger partial charge >= 0.3 is 6.61 Å². The Morgan fingerprint density at radius 3 is 2.50 bits per heavy atom. The molecule has 0 amide bonds. The maximum Gasteiger partial charge on any atom is 0.387 e. The van der Waals surface area contributed by atoms with Crippen LogP contribution in [0, 0.1) is 6.92 Å². The van der Waals surface area contributed by atoms with Gasteiger partial charge < -0.3 is 9.84 Å². The van der Waals surface area contributed by atoms with Crippen LogP contribution in [-0.4, -0.2) is 18.3 Å². The maximum absolute atomic E-state index is 12.3. The van der Waals surface area contributed by atoms with E-state index in [9.17, 15) is 13.9 Å². The lowest BCUT2D eigenvalue weighted by atomic mass is 9.84. The zero-order valence-corrected chi connectivity index (χ0v) is 9.63. The van der Waals surface area contributed by atoms with Crippen LogP contribution >= 0.6 is 0 Å². The third-order valence-corrected chi connectivity index (χ3v) is 2.54. The van der Waals surface area contributed by atoms with Gasteiger partial charge in [0.05, 0.1) is 6.61 Å². The summed E-state index contributed by atoms with van der Waals surface area (Å²) in [6.45, 7) is 2.28. The molecule has 0 unspecified atom stereocenters. The van der Waals surface area contributed by atoms with Crippen LogP contribution in [0.5, 0.6) is 5.75 Å². The number of aliphatic hydroxyl groups is 1. The number of alkyl halides is 2. The van der Waals surface area contributed by atoms with Gasteiger partial charge in [-0.15, -0.1) is 0 Å². The average molecular weight is 230 g/mol. The number of rotatable bonds is 4. The highest BCUT2D eigenvalue weighted by Crippen LogP contribution is 2.34. The van der Waals surface area contributed by atoms with Gasteiger partial charge in [0.1, 0.15) is 5.75 Å². The van der Waals surface area contributed by atoms with E-state index in [-0.39, 0.29) is 12.4 Å². The van der Waals surface area contributed by atoms with Crippen molar-refractivity contribution < 1.29 is 18.6 Å². The van der Waals surface area contributed by atoms with Crippen LogP contribution in [0.15, 0.2) is 18.2 Å². The number of para-hydroxylation sites is 1. The van der Waals surface area contributed by atoms with Crippen LogP contribution in [0.4, 0.5) is 8.78 Å². The van der Waals surface area contributed by atoms with Crippen molar-refractivity contribution in [1.29, 1.82) is 0 Å². The summed E-state index contributed by atoms with van der Waals surface area (Å²) in [5.41, 5.74) is 0.630. The van der Waals surface area contributed by atoms with Crippen molar-refractivity contribution in [1.82, 2.24) is 0 Å². The van der Waals surface area contributed by atoms with E-state index in [0.717, 1.165) is 0 Å². The molecule has 90 valence electrons. The van der Waals surface area contributed by atoms with Crippen molar-refractivity contribution in [3.8, 4) is 5.75 Å². The van der Waals surface area contributed by atoms with Crippen LogP contribution in [0.25, 0.3) is 0 Å². The van der Waals surface area contributed by atoms with E-state index in [0.29, 0.717) is 11.1 Å². The summed E-state index contributed by atoms with van der Waals surface area (Å²) in [6.07, 6.45) is 0. The number of aryl methyl sites for hydroxylation is 1. The Kier molecular flexibility index (Phi) is 3.86. The molecule has 4 heteroatoms. The normalized spacial score (nSPS) is 11.9. The summed E-state index contributed by atoms with van der Waals surface area (Å²) in [5.74, 6) is 0.163. The van der Waals surface area contributed by atoms with Crippen molar-refractivity contribution in [2.45, 2.75) is 32.8 Å². The Morgan fingerprint density at radius 1 is 1.38 bits per heavy atom. The molecule has 0 heterocycles. The van der Waals surface area contributed by atoms with Gasteiger partial charge in [-0.05, 0) is 12.5 Å². The fourth-order valence-corrected chi connectivity index (χ4v) is 1.52. The molecule has 1 N–H and O–H groups in total. The van der Waals surface area contributed by atoms with E-state index in [1.54, 1.807) is 39.0 Å². The second kappa shape index (κ2) is 4.78. The molecule has 0 spiro atoms. The Bertz CT molecular complexity index is 362. The molecule has 1 aromatic rings. The zero-order valence-electron chi connectivity index (χ0n) is 9.63. The van der Waals surface area contributed by atoms with Crippen LogP contribution in [0.3, 0.4) is 0 Å². The van der Waals surface area contributed by atoms with Crippen molar-refractivity contribution in [3.05, 3.63) is 29.3 Å². The lowest BCUT2D eigenvalue weighted by molar-refractivity contribution is -0.0516. The highest BCUT2D eigenvalue weighted by molar-refractivity contribution is 5.44. The number of aliphatic hydroxyl groups excluding tert-OH is 1. The van der Waals surface area contributed by atoms with Crippen molar-refractivity contribution in [2.24, 2.45) is 0 Å². The van der Waals surface area contributed by atoms with E-state index in [1.165, 1.54) is 0 Å². The standard InChI is InChI=1S/C12H16F2O2/c1-8-5-4-6-9(12(2,3)7-15)10(8)16-11(13)14/h4-6,11,15H,7H2,1-3H3. The van der Waals surface area contributed by atoms with Crippen LogP contribution in [0.1, 0.15) is 25.0 Å². The molecule has 0 aliphatic carbocycles. The molecule has 0 atom stereocenters. The highest BCUT2D eigenvalue weighted by atomic mass is 19.3. The highest BCUT2D eigenvalue weighted by Gasteiger charge is 2.25. The number of ether oxygens (including phenoxy) is 1. The van der Waals surface area contributed by atoms with E-state index >= 15 is 0 Å². The minimum absolute atomic E-state index is 0.129. The first-order valence-electron chi connectivity index (χ1n) is 5.04. The number of benzene rings is 1. The molecular weight excluding hydrogens is 214 g/mol. The van der Waals surface area contributed by atoms with Crippen molar-refractivity contribution >= 4 is 0 Å². The molecule has 0 aromatic heterocycles. The fourth-order valence-electron chi connectivity index (χ4n) is 1.52. The summed E-state index contributed by atoms with van der Waals surface area (Å²) in [6, 6.07) is 5.16. The molecule has 0 saturated heterocycles. The molecule has 0 fully saturated rings. The molecule has 0 saturated carbocycles. The molecule has 1 rings (SSSR count). The lowest BCUT2D eigenvalue weighted by Gasteiger charge is -2.26. The first kappa shape index (κ1) is 12.9. The van der Waals surface area contributed by atoms with Gasteiger partial charge in [-0.2, -0.15) is 8.78 Å². The zero-order chi connectivity index (χ0) is 12.3. The number of hydrogen-bond donors (Lipinski definition) is 1. The Morgan fingerprint density at radius 2 is 2.00 bits per heavy atom. The van der Waals surface area contributed by atoms with E-state index in [4.69, 9.17) is 0 Å². The minimum atomic E-state index is -2.85. The predicted octanol–water partition coefficient (Wildman–Crippen LogP) is 2.87. The SMILES string of the molecule is Cc1cccc(C(C)(C)CO)c1OC(F)F. The third-order valence-electron chi connectivity index (χ3n) is 2.54. The quantitative estimate of drug-likeness (QED) is 0.861. The Labute approximate surface area is 93.9 Å². The van der Waals surface area contributed by atoms with Gasteiger partial charge in [0.2, 0.25) is 0 Å². The van der Waals surface area contributed by atoms with Crippen LogP contribution in [0.2, 0.25) is 0 Å². The van der Waals surface area contributed by atoms with Crippen molar-refractivity contribution in [2.75, 3.05) is 6.61 Å². The monoisotopic (exact) mass is 230 g/mol. The van der Waals surface area contributed by atoms with E-state index in [1.807, 2.05) is 0 Å². The average Bonchev–Trinajstić information content (AvgIpc) is 2.20. The Balaban J connectivity index is 3.22. The molecular formula is C12H16F2O2. The molecule has 0 aliphatic rings. The third kappa shape index (κ3) is 2.70. The summed E-state index contributed by atoms with van der Waals surface area (Å²) >= 11 is 0. The van der Waals surface area contributed by atoms with Crippen LogP contribution < -0.4 is 4.74 Å². The van der Waals surface area contributed by atoms with Gasteiger partial charge in [0.15, 0.2) is 0 Å². The van der Waals surface area contributed by atoms with Gasteiger partial charge in [-0.3, -0.25) is 0 Å². The number of hydrogen-bond acceptors (Lipinski definition) is 2. The molecule has 16 heavy (non-hydrogen) atoms. The lowest BCUT2D eigenvalue weighted by Crippen LogP contribution is -2.24. The van der Waals surface area contributed by atoms with Gasteiger partial charge in [-0.25, -0.2) is 0 Å². The molecule has 0 radical (unpaired) electrons. The molecule has 2 nitrogen and oxygen atoms in total. The minimum Gasteiger partial charge on any atom is -0.434 e. The van der Waals surface area contributed by atoms with Gasteiger partial charge in [-0.1, -0.05) is 32.0 Å². The smallest absolute Gasteiger partial charge is 0.387 e. The van der Waals surface area contributed by atoms with Gasteiger partial charge in [0.25, 0.3) is 0 Å². The first-order chi connectivity index (χ1) is 7.38. The fraction of sp³-hybridized carbons (Fsp3) is 0.500. The maximum atomic E-state index is 12.3. The summed E-state index contributed by atoms with van der Waals surface area (Å²) in [5, 5.41) is 9.25.